The largest absolute Gasteiger partial charge is 0.311 e. The van der Waals surface area contributed by atoms with Crippen molar-refractivity contribution in [3.05, 3.63) is 35.1 Å². The van der Waals surface area contributed by atoms with Gasteiger partial charge in [-0.3, -0.25) is 0 Å². The Morgan fingerprint density at radius 2 is 1.88 bits per heavy atom. The first-order chi connectivity index (χ1) is 7.88. The van der Waals surface area contributed by atoms with E-state index in [4.69, 9.17) is 0 Å². The maximum atomic E-state index is 12.9. The Labute approximate surface area is 104 Å². The average molecular weight is 238 g/mol. The molecule has 0 radical (unpaired) electrons. The van der Waals surface area contributed by atoms with Gasteiger partial charge in [-0.1, -0.05) is 6.07 Å². The normalized spacial score (nSPS) is 11.8. The number of aryl methyl sites for hydroxylation is 1. The molecule has 1 aromatic rings. The van der Waals surface area contributed by atoms with Gasteiger partial charge in [0.1, 0.15) is 5.82 Å². The maximum Gasteiger partial charge on any atom is 0.123 e. The van der Waals surface area contributed by atoms with Crippen molar-refractivity contribution in [1.29, 1.82) is 0 Å². The van der Waals surface area contributed by atoms with Gasteiger partial charge >= 0.3 is 0 Å². The zero-order valence-corrected chi connectivity index (χ0v) is 11.2. The van der Waals surface area contributed by atoms with Gasteiger partial charge in [0.25, 0.3) is 0 Å². The Morgan fingerprint density at radius 1 is 1.18 bits per heavy atom. The number of benzene rings is 1. The molecule has 1 aromatic carbocycles. The predicted molar refractivity (Wildman–Crippen MR) is 70.6 cm³/mol. The molecule has 0 unspecified atom stereocenters. The maximum absolute atomic E-state index is 12.9. The van der Waals surface area contributed by atoms with Gasteiger partial charge < -0.3 is 10.6 Å². The Kier molecular flexibility index (Phi) is 5.09. The molecule has 0 saturated carbocycles. The molecular weight excluding hydrogens is 215 g/mol. The summed E-state index contributed by atoms with van der Waals surface area (Å²) in [7, 11) is 0. The van der Waals surface area contributed by atoms with Crippen molar-refractivity contribution in [2.24, 2.45) is 0 Å². The summed E-state index contributed by atoms with van der Waals surface area (Å²) < 4.78 is 12.9. The van der Waals surface area contributed by atoms with Gasteiger partial charge in [-0.25, -0.2) is 4.39 Å². The molecule has 17 heavy (non-hydrogen) atoms. The topological polar surface area (TPSA) is 24.1 Å². The molecule has 0 aromatic heterocycles. The lowest BCUT2D eigenvalue weighted by molar-refractivity contribution is 0.421. The van der Waals surface area contributed by atoms with Crippen LogP contribution in [0.3, 0.4) is 0 Å². The van der Waals surface area contributed by atoms with Crippen molar-refractivity contribution in [2.45, 2.75) is 39.8 Å². The molecule has 3 heteroatoms. The zero-order valence-electron chi connectivity index (χ0n) is 11.2. The summed E-state index contributed by atoms with van der Waals surface area (Å²) >= 11 is 0. The van der Waals surface area contributed by atoms with E-state index in [0.717, 1.165) is 30.8 Å². The van der Waals surface area contributed by atoms with Gasteiger partial charge in [0.15, 0.2) is 0 Å². The van der Waals surface area contributed by atoms with Gasteiger partial charge in [0, 0.05) is 25.2 Å². The molecule has 96 valence electrons. The number of halogens is 1. The number of rotatable bonds is 5. The van der Waals surface area contributed by atoms with E-state index in [-0.39, 0.29) is 11.4 Å². The standard InChI is InChI=1S/C14H23FN2/c1-11-9-13(15)6-5-12(11)10-16-7-8-17-14(2,3)4/h5-6,9,16-17H,7-8,10H2,1-4H3. The number of hydrogen-bond donors (Lipinski definition) is 2. The second-order valence-electron chi connectivity index (χ2n) is 5.42. The van der Waals surface area contributed by atoms with E-state index in [9.17, 15) is 4.39 Å². The van der Waals surface area contributed by atoms with E-state index in [1.807, 2.05) is 13.0 Å². The van der Waals surface area contributed by atoms with Gasteiger partial charge in [-0.05, 0) is 51.0 Å². The third kappa shape index (κ3) is 5.80. The summed E-state index contributed by atoms with van der Waals surface area (Å²) in [4.78, 5) is 0. The monoisotopic (exact) mass is 238 g/mol. The number of nitrogens with one attached hydrogen (secondary N) is 2. The Bertz CT molecular complexity index is 356. The summed E-state index contributed by atoms with van der Waals surface area (Å²) in [6.07, 6.45) is 0. The van der Waals surface area contributed by atoms with E-state index in [0.29, 0.717) is 0 Å². The fourth-order valence-electron chi connectivity index (χ4n) is 1.61. The van der Waals surface area contributed by atoms with Crippen LogP contribution in [-0.2, 0) is 6.54 Å². The highest BCUT2D eigenvalue weighted by Crippen LogP contribution is 2.09. The van der Waals surface area contributed by atoms with Gasteiger partial charge in [-0.15, -0.1) is 0 Å². The van der Waals surface area contributed by atoms with Crippen molar-refractivity contribution >= 4 is 0 Å². The van der Waals surface area contributed by atoms with Crippen LogP contribution in [0.5, 0.6) is 0 Å². The molecule has 0 atom stereocenters. The summed E-state index contributed by atoms with van der Waals surface area (Å²) in [6, 6.07) is 4.93. The van der Waals surface area contributed by atoms with Crippen molar-refractivity contribution in [3.8, 4) is 0 Å². The molecule has 0 fully saturated rings. The second-order valence-corrected chi connectivity index (χ2v) is 5.42. The van der Waals surface area contributed by atoms with Crippen LogP contribution >= 0.6 is 0 Å². The molecule has 0 saturated heterocycles. The van der Waals surface area contributed by atoms with E-state index < -0.39 is 0 Å². The van der Waals surface area contributed by atoms with Crippen LogP contribution in [-0.4, -0.2) is 18.6 Å². The first-order valence-corrected chi connectivity index (χ1v) is 6.09. The van der Waals surface area contributed by atoms with Crippen LogP contribution in [0.2, 0.25) is 0 Å². The summed E-state index contributed by atoms with van der Waals surface area (Å²) in [5.74, 6) is -0.166. The molecule has 0 spiro atoms. The molecule has 0 aliphatic carbocycles. The molecule has 0 bridgehead atoms. The van der Waals surface area contributed by atoms with Crippen molar-refractivity contribution in [1.82, 2.24) is 10.6 Å². The van der Waals surface area contributed by atoms with Gasteiger partial charge in [0.05, 0.1) is 0 Å². The average Bonchev–Trinajstić information content (AvgIpc) is 2.18. The highest BCUT2D eigenvalue weighted by atomic mass is 19.1. The summed E-state index contributed by atoms with van der Waals surface area (Å²) in [6.45, 7) is 11.0. The lowest BCUT2D eigenvalue weighted by Crippen LogP contribution is -2.40. The first-order valence-electron chi connectivity index (χ1n) is 6.09. The van der Waals surface area contributed by atoms with Crippen LogP contribution in [0, 0.1) is 12.7 Å². The number of hydrogen-bond acceptors (Lipinski definition) is 2. The van der Waals surface area contributed by atoms with Gasteiger partial charge in [0.2, 0.25) is 0 Å². The Morgan fingerprint density at radius 3 is 2.47 bits per heavy atom. The molecule has 0 aliphatic heterocycles. The highest BCUT2D eigenvalue weighted by molar-refractivity contribution is 5.26. The van der Waals surface area contributed by atoms with E-state index in [1.165, 1.54) is 6.07 Å². The van der Waals surface area contributed by atoms with Crippen molar-refractivity contribution in [3.63, 3.8) is 0 Å². The lowest BCUT2D eigenvalue weighted by atomic mass is 10.1. The highest BCUT2D eigenvalue weighted by Gasteiger charge is 2.07. The van der Waals surface area contributed by atoms with E-state index in [2.05, 4.69) is 31.4 Å². The van der Waals surface area contributed by atoms with Crippen molar-refractivity contribution in [2.75, 3.05) is 13.1 Å². The summed E-state index contributed by atoms with van der Waals surface area (Å²) in [5, 5.41) is 6.76. The van der Waals surface area contributed by atoms with Crippen molar-refractivity contribution < 1.29 is 4.39 Å². The minimum Gasteiger partial charge on any atom is -0.311 e. The SMILES string of the molecule is Cc1cc(F)ccc1CNCCNC(C)(C)C. The fourth-order valence-corrected chi connectivity index (χ4v) is 1.61. The minimum absolute atomic E-state index is 0.160. The molecule has 1 rings (SSSR count). The van der Waals surface area contributed by atoms with Crippen LogP contribution in [0.15, 0.2) is 18.2 Å². The Hall–Kier alpha value is -0.930. The molecule has 2 N–H and O–H groups in total. The third-order valence-electron chi connectivity index (χ3n) is 2.58. The van der Waals surface area contributed by atoms with Gasteiger partial charge in [-0.2, -0.15) is 0 Å². The fraction of sp³-hybridized carbons (Fsp3) is 0.571. The zero-order chi connectivity index (χ0) is 12.9. The molecular formula is C14H23FN2. The van der Waals surface area contributed by atoms with Crippen LogP contribution < -0.4 is 10.6 Å². The van der Waals surface area contributed by atoms with Crippen LogP contribution in [0.4, 0.5) is 4.39 Å². The smallest absolute Gasteiger partial charge is 0.123 e. The lowest BCUT2D eigenvalue weighted by Gasteiger charge is -2.20. The first kappa shape index (κ1) is 14.1. The molecule has 0 aliphatic rings. The van der Waals surface area contributed by atoms with E-state index in [1.54, 1.807) is 6.07 Å². The molecule has 0 heterocycles. The quantitative estimate of drug-likeness (QED) is 0.771. The summed E-state index contributed by atoms with van der Waals surface area (Å²) in [5.41, 5.74) is 2.32. The molecule has 2 nitrogen and oxygen atoms in total. The Balaban J connectivity index is 2.27. The second kappa shape index (κ2) is 6.12. The van der Waals surface area contributed by atoms with Crippen LogP contribution in [0.25, 0.3) is 0 Å². The minimum atomic E-state index is -0.166. The predicted octanol–water partition coefficient (Wildman–Crippen LogP) is 2.61. The van der Waals surface area contributed by atoms with Crippen LogP contribution in [0.1, 0.15) is 31.9 Å². The molecule has 0 amide bonds. The van der Waals surface area contributed by atoms with E-state index >= 15 is 0 Å². The third-order valence-corrected chi connectivity index (χ3v) is 2.58.